The highest BCUT2D eigenvalue weighted by Crippen LogP contribution is 2.75. The number of carboxylic acids is 1. The monoisotopic (exact) mass is 731 g/mol. The van der Waals surface area contributed by atoms with Crippen LogP contribution in [0.25, 0.3) is 11.4 Å². The Morgan fingerprint density at radius 1 is 1.04 bits per heavy atom. The van der Waals surface area contributed by atoms with Gasteiger partial charge in [-0.1, -0.05) is 80.9 Å². The molecule has 12 atom stereocenters. The molecule has 1 saturated heterocycles. The van der Waals surface area contributed by atoms with Crippen LogP contribution in [-0.4, -0.2) is 67.3 Å². The van der Waals surface area contributed by atoms with Gasteiger partial charge < -0.3 is 20.3 Å². The van der Waals surface area contributed by atoms with Gasteiger partial charge >= 0.3 is 5.97 Å². The molecule has 4 fully saturated rings. The molecule has 3 heterocycles. The van der Waals surface area contributed by atoms with Crippen molar-refractivity contribution >= 4 is 5.97 Å². The lowest BCUT2D eigenvalue weighted by atomic mass is 9.34. The van der Waals surface area contributed by atoms with Crippen LogP contribution in [0, 0.1) is 62.1 Å². The van der Waals surface area contributed by atoms with Gasteiger partial charge in [0.15, 0.2) is 5.82 Å². The first-order valence-corrected chi connectivity index (χ1v) is 20.2. The topological polar surface area (TPSA) is 138 Å². The maximum absolute atomic E-state index is 13.6. The van der Waals surface area contributed by atoms with Crippen molar-refractivity contribution in [3.8, 4) is 11.4 Å². The van der Waals surface area contributed by atoms with Gasteiger partial charge in [-0.3, -0.25) is 4.79 Å². The number of hydrogen-bond donors (Lipinski definition) is 2. The molecule has 10 heteroatoms. The normalized spacial score (nSPS) is 41.4. The summed E-state index contributed by atoms with van der Waals surface area (Å²) in [5, 5.41) is 16.1. The summed E-state index contributed by atoms with van der Waals surface area (Å²) in [6.45, 7) is 26.5. The van der Waals surface area contributed by atoms with Crippen molar-refractivity contribution in [1.82, 2.24) is 24.7 Å². The minimum absolute atomic E-state index is 0.150. The molecule has 2 aromatic rings. The lowest BCUT2D eigenvalue weighted by Crippen LogP contribution is -2.69. The highest BCUT2D eigenvalue weighted by Gasteiger charge is 2.72. The van der Waals surface area contributed by atoms with Crippen molar-refractivity contribution in [2.45, 2.75) is 132 Å². The van der Waals surface area contributed by atoms with E-state index in [1.54, 1.807) is 18.7 Å². The molecule has 0 aromatic carbocycles. The van der Waals surface area contributed by atoms with E-state index in [0.29, 0.717) is 37.6 Å². The number of aliphatic carboxylic acids is 1. The van der Waals surface area contributed by atoms with Crippen molar-refractivity contribution in [2.24, 2.45) is 67.8 Å². The Morgan fingerprint density at radius 3 is 2.38 bits per heavy atom. The van der Waals surface area contributed by atoms with Crippen LogP contribution in [0.15, 0.2) is 36.7 Å². The second kappa shape index (κ2) is 12.7. The van der Waals surface area contributed by atoms with Gasteiger partial charge in [0.1, 0.15) is 12.7 Å². The first kappa shape index (κ1) is 38.6. The summed E-state index contributed by atoms with van der Waals surface area (Å²) in [5.74, 6) is 0.984. The van der Waals surface area contributed by atoms with Gasteiger partial charge in [0, 0.05) is 28.8 Å². The summed E-state index contributed by atoms with van der Waals surface area (Å²) in [7, 11) is 0. The summed E-state index contributed by atoms with van der Waals surface area (Å²) < 4.78 is 16.1. The molecule has 5 aliphatic rings. The summed E-state index contributed by atoms with van der Waals surface area (Å²) in [6.07, 6.45) is 14.7. The number of nitrogens with zero attached hydrogens (tertiary/aromatic N) is 5. The van der Waals surface area contributed by atoms with Gasteiger partial charge in [0.05, 0.1) is 43.4 Å². The average Bonchev–Trinajstić information content (AvgIpc) is 3.57. The Balaban J connectivity index is 1.35. The molecular formula is C43H66N6O4. The van der Waals surface area contributed by atoms with Crippen LogP contribution >= 0.6 is 0 Å². The number of allylic oxidation sites excluding steroid dienone is 1. The minimum atomic E-state index is -0.630. The number of nitrogens with two attached hydrogens (primary N) is 1. The third kappa shape index (κ3) is 5.45. The van der Waals surface area contributed by atoms with E-state index in [4.69, 9.17) is 25.3 Å². The molecule has 0 radical (unpaired) electrons. The standard InChI is InChI=1S/C43H66N6O4/c1-26(2)27(3)38(7)16-17-40(9)29-12-13-32-39(8)21-52-23-43(32,30(29)14-15-41(40,10)33(38)36(50)51)18-31(34(39)53-22-42(11,44)37(4,5)6)49-35(47-25-48-49)28-19-45-24-46-20-28/h14,19-20,24-27,29,31-34H,12-13,15-18,21-23,44H2,1-11H3,(H,50,51)/t27-,29+,31-,32+,33-,34+,38-,39+,40-,41+,42-,43?/m1/s1. The van der Waals surface area contributed by atoms with Crippen molar-refractivity contribution in [1.29, 1.82) is 0 Å². The molecule has 7 rings (SSSR count). The zero-order valence-electron chi connectivity index (χ0n) is 34.3. The number of carbonyl (C=O) groups is 1. The smallest absolute Gasteiger partial charge is 0.307 e. The molecule has 292 valence electrons. The number of hydrogen-bond acceptors (Lipinski definition) is 8. The Hall–Kier alpha value is -2.69. The Kier molecular flexibility index (Phi) is 9.22. The van der Waals surface area contributed by atoms with Gasteiger partial charge in [0.25, 0.3) is 0 Å². The molecule has 4 aliphatic carbocycles. The van der Waals surface area contributed by atoms with E-state index < -0.39 is 17.4 Å². The molecule has 3 saturated carbocycles. The van der Waals surface area contributed by atoms with E-state index in [2.05, 4.69) is 96.9 Å². The zero-order chi connectivity index (χ0) is 38.6. The average molecular weight is 731 g/mol. The van der Waals surface area contributed by atoms with E-state index >= 15 is 0 Å². The fraction of sp³-hybridized carbons (Fsp3) is 0.791. The van der Waals surface area contributed by atoms with Crippen molar-refractivity contribution in [2.75, 3.05) is 19.8 Å². The minimum Gasteiger partial charge on any atom is -0.481 e. The quantitative estimate of drug-likeness (QED) is 0.259. The molecule has 2 aromatic heterocycles. The van der Waals surface area contributed by atoms with Crippen LogP contribution in [0.3, 0.4) is 0 Å². The lowest BCUT2D eigenvalue weighted by molar-refractivity contribution is -0.253. The summed E-state index contributed by atoms with van der Waals surface area (Å²) in [5.41, 5.74) is 7.17. The van der Waals surface area contributed by atoms with Gasteiger partial charge in [-0.15, -0.1) is 0 Å². The first-order chi connectivity index (χ1) is 24.7. The Bertz CT molecular complexity index is 1730. The van der Waals surface area contributed by atoms with E-state index in [0.717, 1.165) is 49.9 Å². The summed E-state index contributed by atoms with van der Waals surface area (Å²) in [4.78, 5) is 27.0. The molecule has 0 amide bonds. The maximum atomic E-state index is 13.6. The van der Waals surface area contributed by atoms with E-state index in [9.17, 15) is 9.90 Å². The highest BCUT2D eigenvalue weighted by atomic mass is 16.5. The van der Waals surface area contributed by atoms with Crippen molar-refractivity contribution < 1.29 is 19.4 Å². The molecule has 0 spiro atoms. The van der Waals surface area contributed by atoms with E-state index in [1.807, 2.05) is 0 Å². The number of ether oxygens (including phenoxy) is 2. The second-order valence-electron chi connectivity index (χ2n) is 20.7. The van der Waals surface area contributed by atoms with E-state index in [1.165, 1.54) is 11.9 Å². The van der Waals surface area contributed by atoms with Crippen molar-refractivity contribution in [3.05, 3.63) is 36.7 Å². The van der Waals surface area contributed by atoms with Gasteiger partial charge in [-0.05, 0) is 90.8 Å². The molecule has 10 nitrogen and oxygen atoms in total. The fourth-order valence-corrected chi connectivity index (χ4v) is 12.7. The van der Waals surface area contributed by atoms with Crippen LogP contribution in [0.5, 0.6) is 0 Å². The third-order valence-corrected chi connectivity index (χ3v) is 17.1. The fourth-order valence-electron chi connectivity index (χ4n) is 12.7. The van der Waals surface area contributed by atoms with Crippen LogP contribution in [0.4, 0.5) is 0 Å². The third-order valence-electron chi connectivity index (χ3n) is 17.1. The van der Waals surface area contributed by atoms with Crippen LogP contribution in [0.2, 0.25) is 0 Å². The predicted molar refractivity (Wildman–Crippen MR) is 205 cm³/mol. The Labute approximate surface area is 317 Å². The molecular weight excluding hydrogens is 665 g/mol. The zero-order valence-corrected chi connectivity index (χ0v) is 34.3. The second-order valence-corrected chi connectivity index (χ2v) is 20.7. The van der Waals surface area contributed by atoms with Crippen LogP contribution in [-0.2, 0) is 14.3 Å². The SMILES string of the molecule is CC(C)[C@@H](C)[C@@]1(C)CC[C@]2(C)[C@H]3CC[C@@H]4C5(COC[C@]4(C)[C@@H](OC[C@@](C)(N)C(C)(C)C)[C@H](n4ncnc4-c4cncnc4)C5)C3=CC[C@@]2(C)[C@@H]1C(=O)O. The molecule has 53 heavy (non-hydrogen) atoms. The number of fused-ring (bicyclic) bond motifs is 3. The van der Waals surface area contributed by atoms with Crippen LogP contribution < -0.4 is 5.73 Å². The molecule has 1 unspecified atom stereocenters. The highest BCUT2D eigenvalue weighted by molar-refractivity contribution is 5.73. The number of aromatic nitrogens is 5. The van der Waals surface area contributed by atoms with Crippen molar-refractivity contribution in [3.63, 3.8) is 0 Å². The predicted octanol–water partition coefficient (Wildman–Crippen LogP) is 8.01. The van der Waals surface area contributed by atoms with Crippen LogP contribution in [0.1, 0.15) is 121 Å². The number of rotatable bonds is 8. The summed E-state index contributed by atoms with van der Waals surface area (Å²) in [6, 6.07) is -0.150. The molecule has 2 bridgehead atoms. The lowest BCUT2D eigenvalue weighted by Gasteiger charge is -2.71. The molecule has 3 N–H and O–H groups in total. The Morgan fingerprint density at radius 2 is 1.74 bits per heavy atom. The van der Waals surface area contributed by atoms with Gasteiger partial charge in [0.2, 0.25) is 0 Å². The van der Waals surface area contributed by atoms with Gasteiger partial charge in [-0.25, -0.2) is 19.6 Å². The van der Waals surface area contributed by atoms with Gasteiger partial charge in [-0.2, -0.15) is 5.10 Å². The molecule has 1 aliphatic heterocycles. The first-order valence-electron chi connectivity index (χ1n) is 20.2. The summed E-state index contributed by atoms with van der Waals surface area (Å²) >= 11 is 0. The number of carboxylic acid groups (broad SMARTS) is 1. The largest absolute Gasteiger partial charge is 0.481 e. The van der Waals surface area contributed by atoms with E-state index in [-0.39, 0.29) is 50.6 Å². The maximum Gasteiger partial charge on any atom is 0.307 e.